The van der Waals surface area contributed by atoms with Crippen LogP contribution in [0.3, 0.4) is 0 Å². The van der Waals surface area contributed by atoms with Crippen LogP contribution in [-0.4, -0.2) is 25.3 Å². The van der Waals surface area contributed by atoms with E-state index in [4.69, 9.17) is 10.5 Å². The monoisotopic (exact) mass is 239 g/mol. The first kappa shape index (κ1) is 11.7. The first-order chi connectivity index (χ1) is 8.15. The van der Waals surface area contributed by atoms with Gasteiger partial charge in [-0.05, 0) is 24.6 Å². The minimum absolute atomic E-state index is 0.00755. The highest BCUT2D eigenvalue weighted by Crippen LogP contribution is 2.16. The maximum absolute atomic E-state index is 13.4. The molecule has 0 bridgehead atoms. The van der Waals surface area contributed by atoms with E-state index in [1.807, 2.05) is 0 Å². The van der Waals surface area contributed by atoms with Crippen LogP contribution >= 0.6 is 0 Å². The number of anilines is 2. The maximum atomic E-state index is 13.4. The lowest BCUT2D eigenvalue weighted by atomic mass is 10.2. The van der Waals surface area contributed by atoms with Gasteiger partial charge in [-0.15, -0.1) is 0 Å². The highest BCUT2D eigenvalue weighted by Gasteiger charge is 2.18. The number of nitrogens with two attached hydrogens (primary N) is 1. The molecule has 1 atom stereocenters. The average molecular weight is 239 g/mol. The molecular weight excluding hydrogens is 225 g/mol. The van der Waals surface area contributed by atoms with Crippen molar-refractivity contribution >= 4 is 17.4 Å². The van der Waals surface area contributed by atoms with Crippen molar-refractivity contribution in [2.75, 3.05) is 24.3 Å². The Labute approximate surface area is 98.1 Å². The Hall–Kier alpha value is -1.82. The van der Waals surface area contributed by atoms with E-state index < -0.39 is 11.8 Å². The van der Waals surface area contributed by atoms with Gasteiger partial charge in [0.1, 0.15) is 5.82 Å². The molecule has 1 aromatic carbocycles. The van der Waals surface area contributed by atoms with Crippen molar-refractivity contribution in [3.05, 3.63) is 24.0 Å². The van der Waals surface area contributed by atoms with E-state index in [-0.39, 0.29) is 11.7 Å². The third kappa shape index (κ3) is 3.07. The Morgan fingerprint density at radius 2 is 2.35 bits per heavy atom. The topological polar surface area (TPSA) is 76.4 Å². The Kier molecular flexibility index (Phi) is 3.43. The molecule has 2 rings (SSSR count). The van der Waals surface area contributed by atoms with Gasteiger partial charge in [0.2, 0.25) is 0 Å². The van der Waals surface area contributed by atoms with Crippen molar-refractivity contribution in [2.24, 2.45) is 0 Å². The lowest BCUT2D eigenvalue weighted by Gasteiger charge is -2.12. The number of nitrogens with one attached hydrogen (secondary N) is 2. The molecule has 6 heteroatoms. The van der Waals surface area contributed by atoms with E-state index in [0.717, 1.165) is 12.5 Å². The second-order valence-electron chi connectivity index (χ2n) is 3.90. The SMILES string of the molecule is Nc1ccc(NC(=O)NC2CCOC2)c(F)c1. The Morgan fingerprint density at radius 3 is 3.00 bits per heavy atom. The standard InChI is InChI=1S/C11H14FN3O2/c12-9-5-7(13)1-2-10(9)15-11(16)14-8-3-4-17-6-8/h1-2,5,8H,3-4,6,13H2,(H2,14,15,16). The predicted molar refractivity (Wildman–Crippen MR) is 62.2 cm³/mol. The second-order valence-corrected chi connectivity index (χ2v) is 3.90. The third-order valence-electron chi connectivity index (χ3n) is 2.51. The lowest BCUT2D eigenvalue weighted by molar-refractivity contribution is 0.189. The molecule has 1 fully saturated rings. The summed E-state index contributed by atoms with van der Waals surface area (Å²) in [6.07, 6.45) is 0.775. The van der Waals surface area contributed by atoms with E-state index in [2.05, 4.69) is 10.6 Å². The van der Waals surface area contributed by atoms with Gasteiger partial charge < -0.3 is 21.1 Å². The number of rotatable bonds is 2. The van der Waals surface area contributed by atoms with Gasteiger partial charge in [-0.3, -0.25) is 0 Å². The van der Waals surface area contributed by atoms with E-state index in [9.17, 15) is 9.18 Å². The largest absolute Gasteiger partial charge is 0.399 e. The minimum Gasteiger partial charge on any atom is -0.399 e. The van der Waals surface area contributed by atoms with E-state index in [1.165, 1.54) is 12.1 Å². The zero-order chi connectivity index (χ0) is 12.3. The molecule has 1 unspecified atom stereocenters. The Morgan fingerprint density at radius 1 is 1.53 bits per heavy atom. The van der Waals surface area contributed by atoms with Crippen molar-refractivity contribution in [3.63, 3.8) is 0 Å². The predicted octanol–water partition coefficient (Wildman–Crippen LogP) is 1.32. The lowest BCUT2D eigenvalue weighted by Crippen LogP contribution is -2.38. The molecule has 5 nitrogen and oxygen atoms in total. The quantitative estimate of drug-likeness (QED) is 0.681. The molecule has 4 N–H and O–H groups in total. The van der Waals surface area contributed by atoms with Crippen molar-refractivity contribution < 1.29 is 13.9 Å². The number of benzene rings is 1. The zero-order valence-corrected chi connectivity index (χ0v) is 9.20. The maximum Gasteiger partial charge on any atom is 0.319 e. The molecule has 0 saturated carbocycles. The first-order valence-electron chi connectivity index (χ1n) is 5.35. The van der Waals surface area contributed by atoms with Crippen LogP contribution in [0, 0.1) is 5.82 Å². The van der Waals surface area contributed by atoms with Crippen molar-refractivity contribution in [1.82, 2.24) is 5.32 Å². The van der Waals surface area contributed by atoms with Gasteiger partial charge >= 0.3 is 6.03 Å². The molecule has 1 aliphatic heterocycles. The summed E-state index contributed by atoms with van der Waals surface area (Å²) in [5, 5.41) is 5.12. The number of nitrogen functional groups attached to an aromatic ring is 1. The van der Waals surface area contributed by atoms with Crippen molar-refractivity contribution in [2.45, 2.75) is 12.5 Å². The number of urea groups is 1. The van der Waals surface area contributed by atoms with Crippen LogP contribution in [0.2, 0.25) is 0 Å². The smallest absolute Gasteiger partial charge is 0.319 e. The molecule has 92 valence electrons. The summed E-state index contributed by atoms with van der Waals surface area (Å²) in [7, 11) is 0. The molecule has 0 spiro atoms. The van der Waals surface area contributed by atoms with Gasteiger partial charge in [-0.2, -0.15) is 0 Å². The van der Waals surface area contributed by atoms with Gasteiger partial charge in [-0.1, -0.05) is 0 Å². The second kappa shape index (κ2) is 5.01. The molecule has 1 heterocycles. The molecule has 2 amide bonds. The highest BCUT2D eigenvalue weighted by molar-refractivity contribution is 5.89. The van der Waals surface area contributed by atoms with Crippen LogP contribution in [0.4, 0.5) is 20.6 Å². The number of ether oxygens (including phenoxy) is 1. The van der Waals surface area contributed by atoms with E-state index in [0.29, 0.717) is 18.9 Å². The summed E-state index contributed by atoms with van der Waals surface area (Å²) >= 11 is 0. The van der Waals surface area contributed by atoms with Crippen LogP contribution in [0.25, 0.3) is 0 Å². The van der Waals surface area contributed by atoms with Crippen molar-refractivity contribution in [1.29, 1.82) is 0 Å². The Bertz CT molecular complexity index is 419. The van der Waals surface area contributed by atoms with Gasteiger partial charge in [0.15, 0.2) is 0 Å². The summed E-state index contributed by atoms with van der Waals surface area (Å²) < 4.78 is 18.5. The molecule has 0 aliphatic carbocycles. The number of amides is 2. The highest BCUT2D eigenvalue weighted by atomic mass is 19.1. The van der Waals surface area contributed by atoms with Crippen LogP contribution in [0.5, 0.6) is 0 Å². The van der Waals surface area contributed by atoms with Gasteiger partial charge in [-0.25, -0.2) is 9.18 Å². The molecule has 17 heavy (non-hydrogen) atoms. The van der Waals surface area contributed by atoms with Crippen LogP contribution in [-0.2, 0) is 4.74 Å². The number of hydrogen-bond acceptors (Lipinski definition) is 3. The summed E-state index contributed by atoms with van der Waals surface area (Å²) in [4.78, 5) is 11.5. The summed E-state index contributed by atoms with van der Waals surface area (Å²) in [5.41, 5.74) is 5.83. The third-order valence-corrected chi connectivity index (χ3v) is 2.51. The number of carbonyl (C=O) groups is 1. The minimum atomic E-state index is -0.553. The van der Waals surface area contributed by atoms with Gasteiger partial charge in [0.05, 0.1) is 18.3 Å². The van der Waals surface area contributed by atoms with Crippen LogP contribution in [0.15, 0.2) is 18.2 Å². The molecule has 1 saturated heterocycles. The fourth-order valence-electron chi connectivity index (χ4n) is 1.62. The average Bonchev–Trinajstić information content (AvgIpc) is 2.75. The molecule has 0 radical (unpaired) electrons. The van der Waals surface area contributed by atoms with Crippen LogP contribution in [0.1, 0.15) is 6.42 Å². The summed E-state index contributed by atoms with van der Waals surface area (Å²) in [5.74, 6) is -0.553. The molecular formula is C11H14FN3O2. The van der Waals surface area contributed by atoms with Crippen LogP contribution < -0.4 is 16.4 Å². The summed E-state index contributed by atoms with van der Waals surface area (Å²) in [6.45, 7) is 1.14. The fourth-order valence-corrected chi connectivity index (χ4v) is 1.62. The zero-order valence-electron chi connectivity index (χ0n) is 9.20. The normalized spacial score (nSPS) is 19.0. The molecule has 0 aromatic heterocycles. The van der Waals surface area contributed by atoms with Crippen molar-refractivity contribution in [3.8, 4) is 0 Å². The van der Waals surface area contributed by atoms with E-state index >= 15 is 0 Å². The van der Waals surface area contributed by atoms with Gasteiger partial charge in [0.25, 0.3) is 0 Å². The molecule has 1 aliphatic rings. The molecule has 1 aromatic rings. The number of halogens is 1. The van der Waals surface area contributed by atoms with E-state index in [1.54, 1.807) is 0 Å². The fraction of sp³-hybridized carbons (Fsp3) is 0.364. The Balaban J connectivity index is 1.93. The summed E-state index contributed by atoms with van der Waals surface area (Å²) in [6, 6.07) is 3.66. The first-order valence-corrected chi connectivity index (χ1v) is 5.35. The number of hydrogen-bond donors (Lipinski definition) is 3. The number of carbonyl (C=O) groups excluding carboxylic acids is 1. The van der Waals surface area contributed by atoms with Gasteiger partial charge in [0, 0.05) is 12.3 Å².